The summed E-state index contributed by atoms with van der Waals surface area (Å²) in [7, 11) is 0. The zero-order valence-corrected chi connectivity index (χ0v) is 15.2. The van der Waals surface area contributed by atoms with E-state index in [-0.39, 0.29) is 24.1 Å². The molecule has 0 unspecified atom stereocenters. The first-order chi connectivity index (χ1) is 11.6. The van der Waals surface area contributed by atoms with Crippen LogP contribution in [0.4, 0.5) is 0 Å². The summed E-state index contributed by atoms with van der Waals surface area (Å²) < 4.78 is 6.00. The van der Waals surface area contributed by atoms with Gasteiger partial charge in [0.15, 0.2) is 0 Å². The Balaban J connectivity index is 1.68. The molecular weight excluding hydrogens is 346 g/mol. The topological polar surface area (TPSA) is 77.2 Å². The number of hydrogen-bond acceptors (Lipinski definition) is 5. The van der Waals surface area contributed by atoms with Crippen molar-refractivity contribution in [3.8, 4) is 5.88 Å². The number of hydrogen-bond donors (Lipinski definition) is 2. The summed E-state index contributed by atoms with van der Waals surface area (Å²) >= 11 is 7.98. The molecule has 2 heterocycles. The Hall–Kier alpha value is -0.980. The number of pyridine rings is 1. The van der Waals surface area contributed by atoms with E-state index < -0.39 is 0 Å². The van der Waals surface area contributed by atoms with Crippen molar-refractivity contribution >= 4 is 29.3 Å². The number of ether oxygens (including phenoxy) is 1. The van der Waals surface area contributed by atoms with Crippen molar-refractivity contribution in [2.75, 3.05) is 11.5 Å². The van der Waals surface area contributed by atoms with Crippen molar-refractivity contribution in [3.05, 3.63) is 22.8 Å². The van der Waals surface area contributed by atoms with E-state index in [0.29, 0.717) is 16.5 Å². The van der Waals surface area contributed by atoms with Crippen molar-refractivity contribution in [3.63, 3.8) is 0 Å². The standard InChI is InChI=1S/C17H24ClN3O2S/c18-11-9-15(16(22)21-13-3-1-12(19)2-4-13)17(20-10-11)23-14-5-7-24-8-6-14/h9-10,12-14H,1-8,19H2,(H,21,22)/t12-,13+. The molecule has 1 aromatic heterocycles. The van der Waals surface area contributed by atoms with Gasteiger partial charge in [-0.15, -0.1) is 0 Å². The fourth-order valence-corrected chi connectivity index (χ4v) is 4.38. The van der Waals surface area contributed by atoms with E-state index in [1.165, 1.54) is 6.20 Å². The van der Waals surface area contributed by atoms with Crippen molar-refractivity contribution in [2.45, 2.75) is 56.7 Å². The van der Waals surface area contributed by atoms with Gasteiger partial charge in [0.05, 0.1) is 5.02 Å². The number of nitrogens with zero attached hydrogens (tertiary/aromatic N) is 1. The number of halogens is 1. The molecule has 1 saturated heterocycles. The van der Waals surface area contributed by atoms with Gasteiger partial charge in [0.1, 0.15) is 11.7 Å². The third-order valence-electron chi connectivity index (χ3n) is 4.62. The van der Waals surface area contributed by atoms with Crippen LogP contribution in [0.3, 0.4) is 0 Å². The molecular formula is C17H24ClN3O2S. The van der Waals surface area contributed by atoms with Crippen LogP contribution in [0.5, 0.6) is 5.88 Å². The van der Waals surface area contributed by atoms with Crippen LogP contribution in [0.2, 0.25) is 5.02 Å². The molecule has 2 aliphatic rings. The molecule has 132 valence electrons. The number of aromatic nitrogens is 1. The highest BCUT2D eigenvalue weighted by Gasteiger charge is 2.24. The van der Waals surface area contributed by atoms with Crippen molar-refractivity contribution in [1.29, 1.82) is 0 Å². The summed E-state index contributed by atoms with van der Waals surface area (Å²) in [4.78, 5) is 16.9. The predicted octanol–water partition coefficient (Wildman–Crippen LogP) is 3.01. The summed E-state index contributed by atoms with van der Waals surface area (Å²) in [6.45, 7) is 0. The summed E-state index contributed by atoms with van der Waals surface area (Å²) in [6.07, 6.45) is 7.34. The fraction of sp³-hybridized carbons (Fsp3) is 0.647. The lowest BCUT2D eigenvalue weighted by molar-refractivity contribution is 0.0915. The number of rotatable bonds is 4. The van der Waals surface area contributed by atoms with E-state index in [0.717, 1.165) is 50.0 Å². The Labute approximate surface area is 152 Å². The monoisotopic (exact) mass is 369 g/mol. The van der Waals surface area contributed by atoms with Crippen molar-refractivity contribution in [1.82, 2.24) is 10.3 Å². The summed E-state index contributed by atoms with van der Waals surface area (Å²) in [5, 5.41) is 3.53. The molecule has 1 saturated carbocycles. The molecule has 3 N–H and O–H groups in total. The Bertz CT molecular complexity index is 573. The van der Waals surface area contributed by atoms with Gasteiger partial charge >= 0.3 is 0 Å². The number of nitrogens with two attached hydrogens (primary N) is 1. The zero-order valence-electron chi connectivity index (χ0n) is 13.7. The van der Waals surface area contributed by atoms with E-state index in [2.05, 4.69) is 10.3 Å². The van der Waals surface area contributed by atoms with Gasteiger partial charge in [-0.25, -0.2) is 4.98 Å². The second-order valence-electron chi connectivity index (χ2n) is 6.52. The number of thioether (sulfide) groups is 1. The molecule has 3 rings (SSSR count). The maximum absolute atomic E-state index is 12.7. The molecule has 5 nitrogen and oxygen atoms in total. The maximum atomic E-state index is 12.7. The molecule has 1 aliphatic heterocycles. The van der Waals surface area contributed by atoms with Crippen LogP contribution in [0.25, 0.3) is 0 Å². The first-order valence-electron chi connectivity index (χ1n) is 8.58. The van der Waals surface area contributed by atoms with Gasteiger partial charge in [0, 0.05) is 18.3 Å². The Morgan fingerprint density at radius 3 is 2.67 bits per heavy atom. The quantitative estimate of drug-likeness (QED) is 0.853. The zero-order chi connectivity index (χ0) is 16.9. The molecule has 24 heavy (non-hydrogen) atoms. The minimum Gasteiger partial charge on any atom is -0.474 e. The number of amides is 1. The third kappa shape index (κ3) is 4.77. The van der Waals surface area contributed by atoms with E-state index in [1.54, 1.807) is 6.07 Å². The highest BCUT2D eigenvalue weighted by atomic mass is 35.5. The molecule has 1 aliphatic carbocycles. The van der Waals surface area contributed by atoms with Gasteiger partial charge in [-0.05, 0) is 56.1 Å². The molecule has 0 bridgehead atoms. The van der Waals surface area contributed by atoms with Crippen LogP contribution >= 0.6 is 23.4 Å². The van der Waals surface area contributed by atoms with Gasteiger partial charge in [-0.3, -0.25) is 4.79 Å². The summed E-state index contributed by atoms with van der Waals surface area (Å²) in [6, 6.07) is 2.06. The lowest BCUT2D eigenvalue weighted by Crippen LogP contribution is -2.40. The fourth-order valence-electron chi connectivity index (χ4n) is 3.16. The first-order valence-corrected chi connectivity index (χ1v) is 10.1. The largest absolute Gasteiger partial charge is 0.474 e. The number of carbonyl (C=O) groups excluding carboxylic acids is 1. The molecule has 1 aromatic rings. The van der Waals surface area contributed by atoms with Gasteiger partial charge < -0.3 is 15.8 Å². The second-order valence-corrected chi connectivity index (χ2v) is 8.18. The van der Waals surface area contributed by atoms with Crippen molar-refractivity contribution in [2.24, 2.45) is 5.73 Å². The third-order valence-corrected chi connectivity index (χ3v) is 5.87. The van der Waals surface area contributed by atoms with Gasteiger partial charge in [0.25, 0.3) is 5.91 Å². The van der Waals surface area contributed by atoms with Gasteiger partial charge in [0.2, 0.25) is 5.88 Å². The van der Waals surface area contributed by atoms with Gasteiger partial charge in [-0.1, -0.05) is 11.6 Å². The molecule has 0 aromatic carbocycles. The molecule has 2 fully saturated rings. The lowest BCUT2D eigenvalue weighted by atomic mass is 9.91. The van der Waals surface area contributed by atoms with E-state index in [9.17, 15) is 4.79 Å². The molecule has 1 amide bonds. The van der Waals surface area contributed by atoms with E-state index in [4.69, 9.17) is 22.1 Å². The average Bonchev–Trinajstić information content (AvgIpc) is 2.59. The number of nitrogens with one attached hydrogen (secondary N) is 1. The highest BCUT2D eigenvalue weighted by molar-refractivity contribution is 7.99. The number of carbonyl (C=O) groups is 1. The van der Waals surface area contributed by atoms with Crippen molar-refractivity contribution < 1.29 is 9.53 Å². The van der Waals surface area contributed by atoms with E-state index >= 15 is 0 Å². The SMILES string of the molecule is N[C@H]1CC[C@@H](NC(=O)c2cc(Cl)cnc2OC2CCSCC2)CC1. The first kappa shape index (κ1) is 17.8. The average molecular weight is 370 g/mol. The smallest absolute Gasteiger partial charge is 0.257 e. The second kappa shape index (κ2) is 8.41. The maximum Gasteiger partial charge on any atom is 0.257 e. The van der Waals surface area contributed by atoms with Crippen LogP contribution in [0.1, 0.15) is 48.9 Å². The lowest BCUT2D eigenvalue weighted by Gasteiger charge is -2.27. The summed E-state index contributed by atoms with van der Waals surface area (Å²) in [5.74, 6) is 2.40. The Kier molecular flexibility index (Phi) is 6.25. The Morgan fingerprint density at radius 2 is 1.96 bits per heavy atom. The highest BCUT2D eigenvalue weighted by Crippen LogP contribution is 2.26. The summed E-state index contributed by atoms with van der Waals surface area (Å²) in [5.41, 5.74) is 6.35. The minimum absolute atomic E-state index is 0.124. The van der Waals surface area contributed by atoms with Crippen LogP contribution in [-0.2, 0) is 0 Å². The Morgan fingerprint density at radius 1 is 1.25 bits per heavy atom. The van der Waals surface area contributed by atoms with Gasteiger partial charge in [-0.2, -0.15) is 11.8 Å². The minimum atomic E-state index is -0.161. The van der Waals surface area contributed by atoms with Crippen LogP contribution in [0, 0.1) is 0 Å². The normalized spacial score (nSPS) is 25.2. The molecule has 0 spiro atoms. The van der Waals surface area contributed by atoms with E-state index in [1.807, 2.05) is 11.8 Å². The predicted molar refractivity (Wildman–Crippen MR) is 97.9 cm³/mol. The molecule has 0 radical (unpaired) electrons. The van der Waals surface area contributed by atoms with Crippen LogP contribution in [0.15, 0.2) is 12.3 Å². The molecule has 7 heteroatoms. The molecule has 0 atom stereocenters. The van der Waals surface area contributed by atoms with Crippen LogP contribution in [-0.4, -0.2) is 40.6 Å². The van der Waals surface area contributed by atoms with Crippen LogP contribution < -0.4 is 15.8 Å².